The molecule has 4 atom stereocenters. The van der Waals surface area contributed by atoms with Crippen molar-refractivity contribution in [3.63, 3.8) is 0 Å². The molecule has 2 aliphatic rings. The molecule has 2 aromatic rings. The Morgan fingerprint density at radius 2 is 1.71 bits per heavy atom. The third kappa shape index (κ3) is 5.31. The van der Waals surface area contributed by atoms with Gasteiger partial charge in [-0.1, -0.05) is 48.5 Å². The highest BCUT2D eigenvalue weighted by Crippen LogP contribution is 2.44. The van der Waals surface area contributed by atoms with Crippen LogP contribution in [0.3, 0.4) is 0 Å². The largest absolute Gasteiger partial charge is 0.480 e. The van der Waals surface area contributed by atoms with E-state index < -0.39 is 36.2 Å². The topological polar surface area (TPSA) is 123 Å². The molecule has 1 fully saturated rings. The number of hydrogen-bond acceptors (Lipinski definition) is 6. The number of rotatable bonds is 9. The first kappa shape index (κ1) is 24.7. The molecule has 1 aliphatic heterocycles. The Bertz CT molecular complexity index is 1040. The summed E-state index contributed by atoms with van der Waals surface area (Å²) in [7, 11) is 1.37. The molecule has 0 radical (unpaired) electrons. The van der Waals surface area contributed by atoms with Gasteiger partial charge in [0.1, 0.15) is 12.7 Å². The number of hydrogen-bond donors (Lipinski definition) is 3. The van der Waals surface area contributed by atoms with Crippen molar-refractivity contribution in [2.75, 3.05) is 26.9 Å². The van der Waals surface area contributed by atoms with Crippen LogP contribution in [-0.2, 0) is 23.8 Å². The van der Waals surface area contributed by atoms with Crippen molar-refractivity contribution < 1.29 is 33.7 Å². The van der Waals surface area contributed by atoms with Crippen molar-refractivity contribution in [2.24, 2.45) is 5.92 Å². The molecule has 3 N–H and O–H groups in total. The number of fused-ring (bicyclic) bond motifs is 3. The van der Waals surface area contributed by atoms with Crippen LogP contribution in [0.25, 0.3) is 11.1 Å². The molecular weight excluding hydrogens is 452 g/mol. The molecule has 1 saturated heterocycles. The standard InChI is InChI=1S/C26H30N2O7/c1-15(33-2)22(25(30)31)28-24(29)23-16(11-12-34-23)13-27-26(32)35-14-21-19-9-5-3-7-17(19)18-8-4-6-10-20(18)21/h3-10,15-16,21-23H,11-14H2,1-2H3,(H,27,32)(H,28,29)(H,30,31)/t15-,16-,22+,23-/m1/s1. The summed E-state index contributed by atoms with van der Waals surface area (Å²) in [6.07, 6.45) is -1.60. The minimum Gasteiger partial charge on any atom is -0.480 e. The highest BCUT2D eigenvalue weighted by atomic mass is 16.5. The Morgan fingerprint density at radius 1 is 1.09 bits per heavy atom. The van der Waals surface area contributed by atoms with Crippen LogP contribution in [0.1, 0.15) is 30.4 Å². The molecule has 9 nitrogen and oxygen atoms in total. The number of benzene rings is 2. The van der Waals surface area contributed by atoms with Crippen molar-refractivity contribution in [1.29, 1.82) is 0 Å². The summed E-state index contributed by atoms with van der Waals surface area (Å²) in [4.78, 5) is 36.6. The van der Waals surface area contributed by atoms with E-state index in [1.165, 1.54) is 7.11 Å². The molecule has 4 rings (SSSR count). The van der Waals surface area contributed by atoms with E-state index in [4.69, 9.17) is 14.2 Å². The Hall–Kier alpha value is -3.43. The number of methoxy groups -OCH3 is 1. The lowest BCUT2D eigenvalue weighted by atomic mass is 9.98. The summed E-state index contributed by atoms with van der Waals surface area (Å²) < 4.78 is 16.1. The molecule has 1 heterocycles. The highest BCUT2D eigenvalue weighted by molar-refractivity contribution is 5.87. The van der Waals surface area contributed by atoms with E-state index in [1.807, 2.05) is 24.3 Å². The number of nitrogens with one attached hydrogen (secondary N) is 2. The van der Waals surface area contributed by atoms with Gasteiger partial charge in [0, 0.05) is 32.1 Å². The number of carbonyl (C=O) groups is 3. The third-order valence-corrected chi connectivity index (χ3v) is 6.73. The van der Waals surface area contributed by atoms with E-state index in [0.29, 0.717) is 13.0 Å². The van der Waals surface area contributed by atoms with Gasteiger partial charge >= 0.3 is 12.1 Å². The Kier molecular flexibility index (Phi) is 7.67. The Labute approximate surface area is 203 Å². The lowest BCUT2D eigenvalue weighted by Crippen LogP contribution is -2.53. The Balaban J connectivity index is 1.31. The van der Waals surface area contributed by atoms with Crippen molar-refractivity contribution >= 4 is 18.0 Å². The molecule has 0 aromatic heterocycles. The van der Waals surface area contributed by atoms with Crippen molar-refractivity contribution in [2.45, 2.75) is 37.5 Å². The fraction of sp³-hybridized carbons (Fsp3) is 0.423. The minimum absolute atomic E-state index is 0.0442. The monoisotopic (exact) mass is 482 g/mol. The van der Waals surface area contributed by atoms with Gasteiger partial charge in [-0.3, -0.25) is 4.79 Å². The number of ether oxygens (including phenoxy) is 3. The first-order valence-corrected chi connectivity index (χ1v) is 11.7. The molecule has 35 heavy (non-hydrogen) atoms. The predicted octanol–water partition coefficient (Wildman–Crippen LogP) is 2.53. The summed E-state index contributed by atoms with van der Waals surface area (Å²) in [6.45, 7) is 2.27. The first-order chi connectivity index (χ1) is 16.9. The molecule has 0 bridgehead atoms. The zero-order valence-corrected chi connectivity index (χ0v) is 19.7. The zero-order chi connectivity index (χ0) is 24.9. The van der Waals surface area contributed by atoms with E-state index in [2.05, 4.69) is 34.9 Å². The first-order valence-electron chi connectivity index (χ1n) is 11.7. The molecule has 0 unspecified atom stereocenters. The molecule has 2 aromatic carbocycles. The fourth-order valence-electron chi connectivity index (χ4n) is 4.75. The van der Waals surface area contributed by atoms with Crippen molar-refractivity contribution in [3.8, 4) is 11.1 Å². The van der Waals surface area contributed by atoms with Gasteiger partial charge in [0.2, 0.25) is 5.91 Å². The number of carboxylic acid groups (broad SMARTS) is 1. The number of carboxylic acids is 1. The van der Waals surface area contributed by atoms with Gasteiger partial charge in [-0.25, -0.2) is 9.59 Å². The average Bonchev–Trinajstić information content (AvgIpc) is 3.47. The average molecular weight is 483 g/mol. The smallest absolute Gasteiger partial charge is 0.407 e. The number of alkyl carbamates (subject to hydrolysis) is 1. The lowest BCUT2D eigenvalue weighted by Gasteiger charge is -2.24. The summed E-state index contributed by atoms with van der Waals surface area (Å²) in [5.41, 5.74) is 4.55. The Morgan fingerprint density at radius 3 is 2.31 bits per heavy atom. The van der Waals surface area contributed by atoms with Gasteiger partial charge in [-0.2, -0.15) is 0 Å². The van der Waals surface area contributed by atoms with E-state index in [-0.39, 0.29) is 25.0 Å². The SMILES string of the molecule is CO[C@H](C)[C@H](NC(=O)[C@@H]1OCC[C@@H]1CNC(=O)OCC1c2ccccc2-c2ccccc21)C(=O)O. The molecule has 9 heteroatoms. The normalized spacial score (nSPS) is 20.4. The van der Waals surface area contributed by atoms with Crippen LogP contribution < -0.4 is 10.6 Å². The maximum absolute atomic E-state index is 12.7. The summed E-state index contributed by atoms with van der Waals surface area (Å²) >= 11 is 0. The summed E-state index contributed by atoms with van der Waals surface area (Å²) in [5, 5.41) is 14.6. The van der Waals surface area contributed by atoms with Crippen LogP contribution in [0.4, 0.5) is 4.79 Å². The van der Waals surface area contributed by atoms with Gasteiger partial charge in [-0.05, 0) is 35.6 Å². The second kappa shape index (κ2) is 10.9. The molecule has 1 aliphatic carbocycles. The number of amides is 2. The van der Waals surface area contributed by atoms with Gasteiger partial charge in [0.15, 0.2) is 6.04 Å². The number of aliphatic carboxylic acids is 1. The molecular formula is C26H30N2O7. The predicted molar refractivity (Wildman–Crippen MR) is 127 cm³/mol. The van der Waals surface area contributed by atoms with E-state index >= 15 is 0 Å². The van der Waals surface area contributed by atoms with Crippen LogP contribution in [0.2, 0.25) is 0 Å². The van der Waals surface area contributed by atoms with E-state index in [9.17, 15) is 19.5 Å². The van der Waals surface area contributed by atoms with Gasteiger partial charge < -0.3 is 30.0 Å². The van der Waals surface area contributed by atoms with Crippen molar-refractivity contribution in [1.82, 2.24) is 10.6 Å². The minimum atomic E-state index is -1.20. The van der Waals surface area contributed by atoms with Gasteiger partial charge in [0.25, 0.3) is 0 Å². The van der Waals surface area contributed by atoms with Crippen LogP contribution in [0, 0.1) is 5.92 Å². The molecule has 0 spiro atoms. The third-order valence-electron chi connectivity index (χ3n) is 6.73. The van der Waals surface area contributed by atoms with Crippen LogP contribution >= 0.6 is 0 Å². The van der Waals surface area contributed by atoms with E-state index in [0.717, 1.165) is 22.3 Å². The zero-order valence-electron chi connectivity index (χ0n) is 19.7. The highest BCUT2D eigenvalue weighted by Gasteiger charge is 2.37. The summed E-state index contributed by atoms with van der Waals surface area (Å²) in [5.74, 6) is -2.09. The quantitative estimate of drug-likeness (QED) is 0.502. The molecule has 186 valence electrons. The van der Waals surface area contributed by atoms with Gasteiger partial charge in [0.05, 0.1) is 6.10 Å². The number of carbonyl (C=O) groups excluding carboxylic acids is 2. The van der Waals surface area contributed by atoms with Crippen LogP contribution in [-0.4, -0.2) is 68.2 Å². The lowest BCUT2D eigenvalue weighted by molar-refractivity contribution is -0.147. The van der Waals surface area contributed by atoms with Crippen molar-refractivity contribution in [3.05, 3.63) is 59.7 Å². The fourth-order valence-corrected chi connectivity index (χ4v) is 4.75. The van der Waals surface area contributed by atoms with Gasteiger partial charge in [-0.15, -0.1) is 0 Å². The second-order valence-electron chi connectivity index (χ2n) is 8.81. The molecule has 0 saturated carbocycles. The second-order valence-corrected chi connectivity index (χ2v) is 8.81. The van der Waals surface area contributed by atoms with Crippen LogP contribution in [0.15, 0.2) is 48.5 Å². The summed E-state index contributed by atoms with van der Waals surface area (Å²) in [6, 6.07) is 15.0. The maximum atomic E-state index is 12.7. The van der Waals surface area contributed by atoms with Crippen LogP contribution in [0.5, 0.6) is 0 Å². The molecule has 2 amide bonds. The maximum Gasteiger partial charge on any atom is 0.407 e. The van der Waals surface area contributed by atoms with E-state index in [1.54, 1.807) is 6.92 Å².